The van der Waals surface area contributed by atoms with Crippen molar-refractivity contribution in [3.63, 3.8) is 0 Å². The molecule has 0 spiro atoms. The van der Waals surface area contributed by atoms with Crippen LogP contribution in [-0.4, -0.2) is 17.8 Å². The predicted octanol–water partition coefficient (Wildman–Crippen LogP) is 2.92. The molecule has 0 bridgehead atoms. The van der Waals surface area contributed by atoms with E-state index in [1.165, 1.54) is 5.56 Å². The Labute approximate surface area is 103 Å². The Bertz CT molecular complexity index is 358. The van der Waals surface area contributed by atoms with Crippen LogP contribution in [-0.2, 0) is 11.3 Å². The standard InChI is InChI=1S/C15H20O2/c1-12-7-8-14(9-15(12)16)11-17-10-13-5-3-2-4-6-13/h2-6,14-16H,1,7-11H2/t14-,15-/m0/s1. The first kappa shape index (κ1) is 12.3. The van der Waals surface area contributed by atoms with Gasteiger partial charge in [0.2, 0.25) is 0 Å². The van der Waals surface area contributed by atoms with Crippen LogP contribution in [0, 0.1) is 5.92 Å². The molecule has 92 valence electrons. The minimum absolute atomic E-state index is 0.325. The van der Waals surface area contributed by atoms with Crippen LogP contribution < -0.4 is 0 Å². The highest BCUT2D eigenvalue weighted by atomic mass is 16.5. The number of rotatable bonds is 4. The third kappa shape index (κ3) is 3.69. The van der Waals surface area contributed by atoms with E-state index in [4.69, 9.17) is 4.74 Å². The lowest BCUT2D eigenvalue weighted by Gasteiger charge is -2.27. The summed E-state index contributed by atoms with van der Waals surface area (Å²) in [5.74, 6) is 0.471. The largest absolute Gasteiger partial charge is 0.389 e. The first-order chi connectivity index (χ1) is 8.25. The van der Waals surface area contributed by atoms with E-state index in [1.54, 1.807) is 0 Å². The molecule has 0 amide bonds. The molecule has 2 heteroatoms. The molecule has 2 nitrogen and oxygen atoms in total. The summed E-state index contributed by atoms with van der Waals surface area (Å²) in [7, 11) is 0. The van der Waals surface area contributed by atoms with Gasteiger partial charge in [-0.3, -0.25) is 0 Å². The summed E-state index contributed by atoms with van der Waals surface area (Å²) < 4.78 is 5.70. The third-order valence-electron chi connectivity index (χ3n) is 3.37. The van der Waals surface area contributed by atoms with Crippen molar-refractivity contribution in [1.82, 2.24) is 0 Å². The molecule has 1 aliphatic rings. The lowest BCUT2D eigenvalue weighted by molar-refractivity contribution is 0.0528. The van der Waals surface area contributed by atoms with E-state index >= 15 is 0 Å². The summed E-state index contributed by atoms with van der Waals surface area (Å²) in [5.41, 5.74) is 2.18. The van der Waals surface area contributed by atoms with Gasteiger partial charge in [0.05, 0.1) is 12.7 Å². The summed E-state index contributed by atoms with van der Waals surface area (Å²) in [6.07, 6.45) is 2.49. The van der Waals surface area contributed by atoms with Crippen molar-refractivity contribution < 1.29 is 9.84 Å². The van der Waals surface area contributed by atoms with Crippen LogP contribution in [0.15, 0.2) is 42.5 Å². The van der Waals surface area contributed by atoms with Crippen LogP contribution in [0.4, 0.5) is 0 Å². The molecule has 0 aliphatic heterocycles. The van der Waals surface area contributed by atoms with Gasteiger partial charge in [-0.2, -0.15) is 0 Å². The van der Waals surface area contributed by atoms with Gasteiger partial charge in [-0.05, 0) is 36.3 Å². The van der Waals surface area contributed by atoms with Crippen molar-refractivity contribution in [2.45, 2.75) is 32.0 Å². The van der Waals surface area contributed by atoms with Crippen molar-refractivity contribution in [2.24, 2.45) is 5.92 Å². The quantitative estimate of drug-likeness (QED) is 0.809. The van der Waals surface area contributed by atoms with Crippen LogP contribution in [0.1, 0.15) is 24.8 Å². The smallest absolute Gasteiger partial charge is 0.0751 e. The number of benzene rings is 1. The van der Waals surface area contributed by atoms with Gasteiger partial charge in [0.15, 0.2) is 0 Å². The monoisotopic (exact) mass is 232 g/mol. The molecule has 2 atom stereocenters. The summed E-state index contributed by atoms with van der Waals surface area (Å²) in [4.78, 5) is 0. The third-order valence-corrected chi connectivity index (χ3v) is 3.37. The van der Waals surface area contributed by atoms with Crippen LogP contribution in [0.3, 0.4) is 0 Å². The number of ether oxygens (including phenoxy) is 1. The molecule has 1 N–H and O–H groups in total. The van der Waals surface area contributed by atoms with Crippen LogP contribution in [0.5, 0.6) is 0 Å². The fraction of sp³-hybridized carbons (Fsp3) is 0.467. The zero-order valence-corrected chi connectivity index (χ0v) is 10.1. The summed E-state index contributed by atoms with van der Waals surface area (Å²) >= 11 is 0. The van der Waals surface area contributed by atoms with Crippen LogP contribution >= 0.6 is 0 Å². The first-order valence-electron chi connectivity index (χ1n) is 6.23. The van der Waals surface area contributed by atoms with E-state index in [9.17, 15) is 5.11 Å². The van der Waals surface area contributed by atoms with Gasteiger partial charge in [0, 0.05) is 6.61 Å². The second-order valence-corrected chi connectivity index (χ2v) is 4.82. The van der Waals surface area contributed by atoms with Gasteiger partial charge in [-0.1, -0.05) is 36.9 Å². The average molecular weight is 232 g/mol. The maximum Gasteiger partial charge on any atom is 0.0751 e. The van der Waals surface area contributed by atoms with Crippen molar-refractivity contribution in [3.8, 4) is 0 Å². The highest BCUT2D eigenvalue weighted by Crippen LogP contribution is 2.27. The second kappa shape index (κ2) is 5.99. The molecule has 1 aromatic carbocycles. The zero-order chi connectivity index (χ0) is 12.1. The number of aliphatic hydroxyl groups is 1. The molecule has 17 heavy (non-hydrogen) atoms. The molecule has 0 saturated heterocycles. The maximum absolute atomic E-state index is 9.71. The van der Waals surface area contributed by atoms with Crippen LogP contribution in [0.25, 0.3) is 0 Å². The highest BCUT2D eigenvalue weighted by molar-refractivity contribution is 5.13. The summed E-state index contributed by atoms with van der Waals surface area (Å²) in [5, 5.41) is 9.71. The van der Waals surface area contributed by atoms with Gasteiger partial charge in [-0.15, -0.1) is 0 Å². The molecule has 0 heterocycles. The molecular formula is C15H20O2. The molecule has 1 fully saturated rings. The van der Waals surface area contributed by atoms with Crippen molar-refractivity contribution in [3.05, 3.63) is 48.0 Å². The minimum Gasteiger partial charge on any atom is -0.389 e. The summed E-state index contributed by atoms with van der Waals surface area (Å²) in [6.45, 7) is 5.26. The van der Waals surface area contributed by atoms with E-state index in [0.717, 1.165) is 31.4 Å². The van der Waals surface area contributed by atoms with Gasteiger partial charge in [-0.25, -0.2) is 0 Å². The predicted molar refractivity (Wildman–Crippen MR) is 68.6 cm³/mol. The van der Waals surface area contributed by atoms with Crippen molar-refractivity contribution in [2.75, 3.05) is 6.61 Å². The lowest BCUT2D eigenvalue weighted by atomic mass is 9.85. The molecule has 1 saturated carbocycles. The molecule has 0 aromatic heterocycles. The van der Waals surface area contributed by atoms with Crippen molar-refractivity contribution in [1.29, 1.82) is 0 Å². The lowest BCUT2D eigenvalue weighted by Crippen LogP contribution is -2.24. The molecule has 0 unspecified atom stereocenters. The SMILES string of the molecule is C=C1CC[C@H](COCc2ccccc2)C[C@@H]1O. The molecule has 0 radical (unpaired) electrons. The van der Waals surface area contributed by atoms with Crippen molar-refractivity contribution >= 4 is 0 Å². The normalized spacial score (nSPS) is 24.9. The highest BCUT2D eigenvalue weighted by Gasteiger charge is 2.22. The topological polar surface area (TPSA) is 29.5 Å². The van der Waals surface area contributed by atoms with Gasteiger partial charge in [0.1, 0.15) is 0 Å². The van der Waals surface area contributed by atoms with E-state index in [2.05, 4.69) is 18.7 Å². The Morgan fingerprint density at radius 3 is 2.76 bits per heavy atom. The molecular weight excluding hydrogens is 212 g/mol. The Morgan fingerprint density at radius 2 is 2.06 bits per heavy atom. The maximum atomic E-state index is 9.71. The molecule has 2 rings (SSSR count). The number of hydrogen-bond acceptors (Lipinski definition) is 2. The summed E-state index contributed by atoms with van der Waals surface area (Å²) in [6, 6.07) is 10.2. The second-order valence-electron chi connectivity index (χ2n) is 4.82. The molecule has 1 aliphatic carbocycles. The number of hydrogen-bond donors (Lipinski definition) is 1. The zero-order valence-electron chi connectivity index (χ0n) is 10.1. The Balaban J connectivity index is 1.71. The minimum atomic E-state index is -0.325. The Kier molecular flexibility index (Phi) is 4.35. The first-order valence-corrected chi connectivity index (χ1v) is 6.23. The van der Waals surface area contributed by atoms with E-state index in [-0.39, 0.29) is 6.10 Å². The van der Waals surface area contributed by atoms with Gasteiger partial charge < -0.3 is 9.84 Å². The van der Waals surface area contributed by atoms with E-state index in [0.29, 0.717) is 12.5 Å². The van der Waals surface area contributed by atoms with Crippen LogP contribution in [0.2, 0.25) is 0 Å². The Hall–Kier alpha value is -1.12. The Morgan fingerprint density at radius 1 is 1.29 bits per heavy atom. The van der Waals surface area contributed by atoms with Gasteiger partial charge >= 0.3 is 0 Å². The van der Waals surface area contributed by atoms with Gasteiger partial charge in [0.25, 0.3) is 0 Å². The molecule has 1 aromatic rings. The average Bonchev–Trinajstić information content (AvgIpc) is 2.35. The van der Waals surface area contributed by atoms with E-state index < -0.39 is 0 Å². The fourth-order valence-corrected chi connectivity index (χ4v) is 2.23. The fourth-order valence-electron chi connectivity index (χ4n) is 2.23. The number of aliphatic hydroxyl groups excluding tert-OH is 1. The van der Waals surface area contributed by atoms with E-state index in [1.807, 2.05) is 18.2 Å².